The average Bonchev–Trinajstić information content (AvgIpc) is 2.15. The number of thioether (sulfide) groups is 1. The number of aliphatic hydroxyl groups excluding tert-OH is 1. The number of hydrogen-bond acceptors (Lipinski definition) is 2. The van der Waals surface area contributed by atoms with Gasteiger partial charge in [0.1, 0.15) is 0 Å². The molecule has 0 spiro atoms. The van der Waals surface area contributed by atoms with Crippen LogP contribution >= 0.6 is 11.8 Å². The molecule has 1 rings (SSSR count). The van der Waals surface area contributed by atoms with Gasteiger partial charge in [-0.2, -0.15) is 0 Å². The number of hydrogen-bond donors (Lipinski definition) is 1. The second-order valence-corrected chi connectivity index (χ2v) is 3.14. The van der Waals surface area contributed by atoms with Crippen molar-refractivity contribution in [2.24, 2.45) is 0 Å². The molecule has 0 saturated carbocycles. The lowest BCUT2D eigenvalue weighted by Gasteiger charge is -1.96. The molecule has 1 aromatic rings. The van der Waals surface area contributed by atoms with Crippen molar-refractivity contribution in [3.63, 3.8) is 0 Å². The van der Waals surface area contributed by atoms with Crippen LogP contribution in [0.4, 0.5) is 0 Å². The van der Waals surface area contributed by atoms with Crippen molar-refractivity contribution in [2.75, 3.05) is 0 Å². The van der Waals surface area contributed by atoms with Crippen molar-refractivity contribution in [2.45, 2.75) is 18.4 Å². The summed E-state index contributed by atoms with van der Waals surface area (Å²) in [6, 6.07) is 7.72. The van der Waals surface area contributed by atoms with E-state index < -0.39 is 0 Å². The Morgan fingerprint density at radius 1 is 1.33 bits per heavy atom. The number of benzene rings is 1. The summed E-state index contributed by atoms with van der Waals surface area (Å²) in [4.78, 5) is 1.11. The van der Waals surface area contributed by atoms with Gasteiger partial charge in [0.2, 0.25) is 0 Å². The molecule has 0 unspecified atom stereocenters. The molecule has 1 nitrogen and oxygen atoms in total. The average molecular weight is 178 g/mol. The molecule has 0 bridgehead atoms. The van der Waals surface area contributed by atoms with E-state index in [4.69, 9.17) is 5.11 Å². The predicted molar refractivity (Wildman–Crippen MR) is 51.7 cm³/mol. The Balaban J connectivity index is 2.69. The molecule has 0 aliphatic carbocycles. The maximum Gasteiger partial charge on any atom is 0.0681 e. The highest BCUT2D eigenvalue weighted by molar-refractivity contribution is 8.03. The molecule has 0 aromatic heterocycles. The van der Waals surface area contributed by atoms with Crippen LogP contribution in [0.25, 0.3) is 0 Å². The van der Waals surface area contributed by atoms with Crippen LogP contribution in [-0.4, -0.2) is 5.11 Å². The normalized spacial score (nSPS) is 8.83. The highest BCUT2D eigenvalue weighted by atomic mass is 32.2. The highest BCUT2D eigenvalue weighted by Gasteiger charge is 1.91. The zero-order chi connectivity index (χ0) is 8.81. The Hall–Kier alpha value is -0.910. The van der Waals surface area contributed by atoms with Crippen LogP contribution in [0.3, 0.4) is 0 Å². The van der Waals surface area contributed by atoms with Crippen molar-refractivity contribution in [1.82, 2.24) is 0 Å². The van der Waals surface area contributed by atoms with E-state index in [2.05, 4.69) is 11.2 Å². The van der Waals surface area contributed by atoms with Crippen molar-refractivity contribution < 1.29 is 5.11 Å². The van der Waals surface area contributed by atoms with Crippen molar-refractivity contribution >= 4 is 11.8 Å². The molecular formula is C10H10OS. The summed E-state index contributed by atoms with van der Waals surface area (Å²) in [6.45, 7) is 1.92. The monoisotopic (exact) mass is 178 g/mol. The van der Waals surface area contributed by atoms with Gasteiger partial charge in [-0.3, -0.25) is 0 Å². The van der Waals surface area contributed by atoms with Crippen molar-refractivity contribution in [1.29, 1.82) is 0 Å². The molecule has 2 heteroatoms. The smallest absolute Gasteiger partial charge is 0.0681 e. The molecule has 12 heavy (non-hydrogen) atoms. The molecule has 1 N–H and O–H groups in total. The molecule has 0 aliphatic rings. The highest BCUT2D eigenvalue weighted by Crippen LogP contribution is 2.16. The van der Waals surface area contributed by atoms with E-state index >= 15 is 0 Å². The lowest BCUT2D eigenvalue weighted by molar-refractivity contribution is 0.282. The third-order valence-corrected chi connectivity index (χ3v) is 2.19. The van der Waals surface area contributed by atoms with Crippen LogP contribution in [0, 0.1) is 11.2 Å². The van der Waals surface area contributed by atoms with Crippen LogP contribution in [0.5, 0.6) is 0 Å². The van der Waals surface area contributed by atoms with Crippen LogP contribution in [0.15, 0.2) is 29.2 Å². The van der Waals surface area contributed by atoms with Gasteiger partial charge < -0.3 is 5.11 Å². The van der Waals surface area contributed by atoms with E-state index in [1.807, 2.05) is 31.2 Å². The summed E-state index contributed by atoms with van der Waals surface area (Å²) in [7, 11) is 0. The fraction of sp³-hybridized carbons (Fsp3) is 0.200. The van der Waals surface area contributed by atoms with Crippen molar-refractivity contribution in [3.8, 4) is 11.2 Å². The molecule has 0 fully saturated rings. The van der Waals surface area contributed by atoms with E-state index in [1.165, 1.54) is 11.8 Å². The fourth-order valence-electron chi connectivity index (χ4n) is 0.773. The Labute approximate surface area is 76.8 Å². The molecule has 1 aromatic carbocycles. The third-order valence-electron chi connectivity index (χ3n) is 1.38. The first-order chi connectivity index (χ1) is 5.86. The Morgan fingerprint density at radius 3 is 2.50 bits per heavy atom. The molecule has 0 heterocycles. The molecular weight excluding hydrogens is 168 g/mol. The zero-order valence-electron chi connectivity index (χ0n) is 6.87. The third kappa shape index (κ3) is 2.61. The van der Waals surface area contributed by atoms with Crippen LogP contribution in [-0.2, 0) is 6.61 Å². The summed E-state index contributed by atoms with van der Waals surface area (Å²) < 4.78 is 0. The molecule has 0 radical (unpaired) electrons. The largest absolute Gasteiger partial charge is 0.392 e. The van der Waals surface area contributed by atoms with Gasteiger partial charge in [0.05, 0.1) is 6.61 Å². The van der Waals surface area contributed by atoms with E-state index in [1.54, 1.807) is 0 Å². The van der Waals surface area contributed by atoms with Gasteiger partial charge in [0, 0.05) is 4.90 Å². The van der Waals surface area contributed by atoms with E-state index in [9.17, 15) is 0 Å². The molecule has 62 valence electrons. The van der Waals surface area contributed by atoms with E-state index in [0.717, 1.165) is 10.5 Å². The summed E-state index contributed by atoms with van der Waals surface area (Å²) in [6.07, 6.45) is 0. The number of aliphatic hydroxyl groups is 1. The second kappa shape index (κ2) is 4.87. The first-order valence-corrected chi connectivity index (χ1v) is 4.47. The standard InChI is InChI=1S/C10H10OS/c1-2-7-12-10-5-3-9(8-11)4-6-10/h3-6,11H,8H2,1H3. The van der Waals surface area contributed by atoms with E-state index in [-0.39, 0.29) is 6.61 Å². The zero-order valence-corrected chi connectivity index (χ0v) is 7.69. The maximum absolute atomic E-state index is 8.77. The number of rotatable bonds is 2. The van der Waals surface area contributed by atoms with Gasteiger partial charge in [-0.1, -0.05) is 18.1 Å². The van der Waals surface area contributed by atoms with Crippen LogP contribution in [0.2, 0.25) is 0 Å². The van der Waals surface area contributed by atoms with Crippen molar-refractivity contribution in [3.05, 3.63) is 29.8 Å². The maximum atomic E-state index is 8.77. The first-order valence-electron chi connectivity index (χ1n) is 3.65. The summed E-state index contributed by atoms with van der Waals surface area (Å²) in [5.41, 5.74) is 0.934. The van der Waals surface area contributed by atoms with Gasteiger partial charge in [0.15, 0.2) is 0 Å². The minimum Gasteiger partial charge on any atom is -0.392 e. The lowest BCUT2D eigenvalue weighted by atomic mass is 10.2. The van der Waals surface area contributed by atoms with Gasteiger partial charge in [0.25, 0.3) is 0 Å². The summed E-state index contributed by atoms with van der Waals surface area (Å²) in [5, 5.41) is 11.7. The van der Waals surface area contributed by atoms with Crippen LogP contribution < -0.4 is 0 Å². The Bertz CT molecular complexity index is 292. The molecule has 0 amide bonds. The van der Waals surface area contributed by atoms with Gasteiger partial charge in [-0.15, -0.1) is 0 Å². The topological polar surface area (TPSA) is 20.2 Å². The van der Waals surface area contributed by atoms with Gasteiger partial charge in [-0.25, -0.2) is 0 Å². The first kappa shape index (κ1) is 9.18. The minimum absolute atomic E-state index is 0.102. The predicted octanol–water partition coefficient (Wildman–Crippen LogP) is 2.25. The molecule has 0 saturated heterocycles. The quantitative estimate of drug-likeness (QED) is 0.553. The fourth-order valence-corrected chi connectivity index (χ4v) is 1.26. The van der Waals surface area contributed by atoms with Crippen LogP contribution in [0.1, 0.15) is 12.5 Å². The Kier molecular flexibility index (Phi) is 3.72. The molecule has 0 atom stereocenters. The second-order valence-electron chi connectivity index (χ2n) is 2.26. The summed E-state index contributed by atoms with van der Waals surface area (Å²) in [5.74, 6) is 2.81. The van der Waals surface area contributed by atoms with Gasteiger partial charge in [-0.05, 0) is 41.6 Å². The summed E-state index contributed by atoms with van der Waals surface area (Å²) >= 11 is 1.50. The molecule has 0 aliphatic heterocycles. The van der Waals surface area contributed by atoms with E-state index in [0.29, 0.717) is 0 Å². The Morgan fingerprint density at radius 2 is 2.00 bits per heavy atom. The SMILES string of the molecule is CC#CSc1ccc(CO)cc1. The minimum atomic E-state index is 0.102. The lowest BCUT2D eigenvalue weighted by Crippen LogP contribution is -1.80. The van der Waals surface area contributed by atoms with Gasteiger partial charge >= 0.3 is 0 Å².